The molecular weight excluding hydrogens is 565 g/mol. The van der Waals surface area contributed by atoms with Gasteiger partial charge in [0.05, 0.1) is 29.5 Å². The number of hydrogen-bond acceptors (Lipinski definition) is 6. The highest BCUT2D eigenvalue weighted by atomic mass is 32.2. The van der Waals surface area contributed by atoms with Crippen LogP contribution in [0.25, 0.3) is 10.9 Å². The third-order valence-corrected chi connectivity index (χ3v) is 8.37. The molecule has 12 heteroatoms. The van der Waals surface area contributed by atoms with E-state index >= 15 is 0 Å². The van der Waals surface area contributed by atoms with Crippen LogP contribution >= 0.6 is 11.9 Å². The molecule has 0 unspecified atom stereocenters. The first-order valence-electron chi connectivity index (χ1n) is 14.0. The Morgan fingerprint density at radius 1 is 1.17 bits per heavy atom. The number of aliphatic hydroxyl groups is 1. The normalized spacial score (nSPS) is 15.0. The number of alkyl halides is 3. The minimum Gasteiger partial charge on any atom is -0.390 e. The molecule has 1 amide bonds. The maximum atomic E-state index is 13.7. The van der Waals surface area contributed by atoms with Crippen molar-refractivity contribution in [2.45, 2.75) is 57.7 Å². The molecule has 3 N–H and O–H groups in total. The van der Waals surface area contributed by atoms with Gasteiger partial charge in [0.2, 0.25) is 0 Å². The molecule has 2 atom stereocenters. The van der Waals surface area contributed by atoms with E-state index in [9.17, 15) is 23.1 Å². The van der Waals surface area contributed by atoms with Crippen LogP contribution in [0.5, 0.6) is 0 Å². The zero-order valence-electron chi connectivity index (χ0n) is 23.6. The average molecular weight is 601 g/mol. The van der Waals surface area contributed by atoms with Crippen LogP contribution in [-0.4, -0.2) is 63.0 Å². The Balaban J connectivity index is 1.32. The average Bonchev–Trinajstić information content (AvgIpc) is 3.50. The molecule has 224 valence electrons. The van der Waals surface area contributed by atoms with Crippen molar-refractivity contribution < 1.29 is 23.1 Å². The quantitative estimate of drug-likeness (QED) is 0.219. The fourth-order valence-corrected chi connectivity index (χ4v) is 6.17. The number of amides is 1. The fourth-order valence-electron chi connectivity index (χ4n) is 5.34. The molecule has 0 bridgehead atoms. The highest BCUT2D eigenvalue weighted by molar-refractivity contribution is 8.00. The van der Waals surface area contributed by atoms with Crippen LogP contribution in [-0.2, 0) is 32.5 Å². The van der Waals surface area contributed by atoms with Crippen LogP contribution in [0.3, 0.4) is 0 Å². The van der Waals surface area contributed by atoms with Crippen LogP contribution in [0, 0.1) is 0 Å². The van der Waals surface area contributed by atoms with E-state index in [1.165, 1.54) is 18.0 Å². The summed E-state index contributed by atoms with van der Waals surface area (Å²) in [5.41, 5.74) is 5.33. The van der Waals surface area contributed by atoms with Gasteiger partial charge in [-0.05, 0) is 48.0 Å². The van der Waals surface area contributed by atoms with E-state index in [-0.39, 0.29) is 19.0 Å². The van der Waals surface area contributed by atoms with Gasteiger partial charge in [-0.1, -0.05) is 37.3 Å². The molecule has 0 radical (unpaired) electrons. The molecule has 3 heterocycles. The second-order valence-corrected chi connectivity index (χ2v) is 11.8. The number of benzene rings is 2. The number of hydrogen-bond donors (Lipinski definition) is 3. The summed E-state index contributed by atoms with van der Waals surface area (Å²) >= 11 is 1.71. The zero-order valence-corrected chi connectivity index (χ0v) is 24.4. The van der Waals surface area contributed by atoms with Crippen molar-refractivity contribution in [1.82, 2.24) is 25.0 Å². The number of rotatable bonds is 11. The molecule has 0 saturated heterocycles. The summed E-state index contributed by atoms with van der Waals surface area (Å²) in [5.74, 6) is 0.653. The van der Waals surface area contributed by atoms with Gasteiger partial charge in [0.15, 0.2) is 0 Å². The van der Waals surface area contributed by atoms with Crippen LogP contribution in [0.2, 0.25) is 0 Å². The van der Waals surface area contributed by atoms with Crippen molar-refractivity contribution in [3.63, 3.8) is 0 Å². The first-order chi connectivity index (χ1) is 20.1. The number of aryl methyl sites for hydroxylation is 2. The molecule has 2 aromatic carbocycles. The smallest absolute Gasteiger partial charge is 0.390 e. The SMILES string of the molecule is CCc1cn2c3c(cc(C(=O)N[C@@H](Cc4ccccc4)[C@H](O)CNCc4cnn(CC(F)(F)F)c4)cc13)N(C)SCC2. The van der Waals surface area contributed by atoms with Crippen LogP contribution < -0.4 is 14.9 Å². The van der Waals surface area contributed by atoms with E-state index in [4.69, 9.17) is 0 Å². The Hall–Kier alpha value is -3.48. The third kappa shape index (κ3) is 7.11. The minimum absolute atomic E-state index is 0.120. The van der Waals surface area contributed by atoms with Crippen LogP contribution in [0.15, 0.2) is 61.1 Å². The van der Waals surface area contributed by atoms with E-state index < -0.39 is 24.9 Å². The third-order valence-electron chi connectivity index (χ3n) is 7.42. The number of nitrogens with one attached hydrogen (secondary N) is 2. The predicted molar refractivity (Wildman–Crippen MR) is 160 cm³/mol. The highest BCUT2D eigenvalue weighted by Crippen LogP contribution is 2.37. The minimum atomic E-state index is -4.35. The Morgan fingerprint density at radius 3 is 2.69 bits per heavy atom. The lowest BCUT2D eigenvalue weighted by Crippen LogP contribution is -2.48. The lowest BCUT2D eigenvalue weighted by atomic mass is 9.99. The summed E-state index contributed by atoms with van der Waals surface area (Å²) in [4.78, 5) is 13.7. The second kappa shape index (κ2) is 12.8. The van der Waals surface area contributed by atoms with Gasteiger partial charge in [-0.25, -0.2) is 0 Å². The molecule has 0 aliphatic carbocycles. The maximum Gasteiger partial charge on any atom is 0.408 e. The number of aliphatic hydroxyl groups excluding tert-OH is 1. The maximum absolute atomic E-state index is 13.7. The molecule has 5 rings (SSSR count). The number of aromatic nitrogens is 3. The van der Waals surface area contributed by atoms with E-state index in [1.54, 1.807) is 11.9 Å². The Bertz CT molecular complexity index is 1520. The van der Waals surface area contributed by atoms with Crippen molar-refractivity contribution in [2.75, 3.05) is 23.7 Å². The molecule has 2 aromatic heterocycles. The van der Waals surface area contributed by atoms with E-state index in [1.807, 2.05) is 49.5 Å². The Labute approximate surface area is 247 Å². The first kappa shape index (κ1) is 30.0. The molecular formula is C30H35F3N6O2S. The molecule has 8 nitrogen and oxygen atoms in total. The molecule has 0 fully saturated rings. The van der Waals surface area contributed by atoms with Gasteiger partial charge < -0.3 is 24.6 Å². The lowest BCUT2D eigenvalue weighted by molar-refractivity contribution is -0.142. The van der Waals surface area contributed by atoms with E-state index in [2.05, 4.69) is 37.7 Å². The monoisotopic (exact) mass is 600 g/mol. The molecule has 42 heavy (non-hydrogen) atoms. The number of nitrogens with zero attached hydrogens (tertiary/aromatic N) is 4. The summed E-state index contributed by atoms with van der Waals surface area (Å²) in [7, 11) is 2.01. The van der Waals surface area contributed by atoms with Crippen molar-refractivity contribution in [1.29, 1.82) is 0 Å². The molecule has 0 saturated carbocycles. The summed E-state index contributed by atoms with van der Waals surface area (Å²) in [5, 5.41) is 22.2. The van der Waals surface area contributed by atoms with Crippen molar-refractivity contribution in [3.05, 3.63) is 83.3 Å². The van der Waals surface area contributed by atoms with Gasteiger partial charge in [0.25, 0.3) is 5.91 Å². The largest absolute Gasteiger partial charge is 0.408 e. The lowest BCUT2D eigenvalue weighted by Gasteiger charge is -2.25. The van der Waals surface area contributed by atoms with Crippen LogP contribution in [0.1, 0.15) is 34.0 Å². The topological polar surface area (TPSA) is 87.4 Å². The van der Waals surface area contributed by atoms with E-state index in [0.717, 1.165) is 45.6 Å². The first-order valence-corrected chi connectivity index (χ1v) is 14.9. The van der Waals surface area contributed by atoms with Crippen LogP contribution in [0.4, 0.5) is 18.9 Å². The standard InChI is InChI=1S/C30H35F3N6O2S/c1-3-22-18-38-9-10-42-37(2)26-13-23(12-24(22)28(26)38)29(41)36-25(11-20-7-5-4-6-8-20)27(40)16-34-14-21-15-35-39(17-21)19-30(31,32)33/h4-8,12-13,15,17-18,25,27,34,40H,3,9-11,14,16,19H2,1-2H3,(H,36,41)/t25-,27+/m0/s1. The summed E-state index contributed by atoms with van der Waals surface area (Å²) in [6.07, 6.45) is 0.806. The van der Waals surface area contributed by atoms with Crippen molar-refractivity contribution in [3.8, 4) is 0 Å². The number of halogens is 3. The van der Waals surface area contributed by atoms with Gasteiger partial charge in [-0.15, -0.1) is 0 Å². The van der Waals surface area contributed by atoms with Gasteiger partial charge >= 0.3 is 6.18 Å². The summed E-state index contributed by atoms with van der Waals surface area (Å²) in [6.45, 7) is 2.19. The fraction of sp³-hybridized carbons (Fsp3) is 0.400. The van der Waals surface area contributed by atoms with Gasteiger partial charge in [-0.2, -0.15) is 18.3 Å². The molecule has 4 aromatic rings. The molecule has 1 aliphatic heterocycles. The summed E-state index contributed by atoms with van der Waals surface area (Å²) in [6, 6.07) is 12.8. The molecule has 1 aliphatic rings. The zero-order chi connectivity index (χ0) is 29.9. The summed E-state index contributed by atoms with van der Waals surface area (Å²) < 4.78 is 43.2. The second-order valence-electron chi connectivity index (χ2n) is 10.6. The van der Waals surface area contributed by atoms with Gasteiger partial charge in [0, 0.05) is 61.3 Å². The highest BCUT2D eigenvalue weighted by Gasteiger charge is 2.29. The van der Waals surface area contributed by atoms with E-state index in [0.29, 0.717) is 17.5 Å². The van der Waals surface area contributed by atoms with Crippen molar-refractivity contribution in [2.24, 2.45) is 0 Å². The number of anilines is 1. The molecule has 0 spiro atoms. The predicted octanol–water partition coefficient (Wildman–Crippen LogP) is 4.55. The number of carbonyl (C=O) groups excluding carboxylic acids is 1. The van der Waals surface area contributed by atoms with Gasteiger partial charge in [0.1, 0.15) is 6.54 Å². The number of carbonyl (C=O) groups is 1. The Kier molecular flexibility index (Phi) is 9.14. The van der Waals surface area contributed by atoms with Crippen molar-refractivity contribution >= 4 is 34.4 Å². The Morgan fingerprint density at radius 2 is 1.95 bits per heavy atom. The van der Waals surface area contributed by atoms with Gasteiger partial charge in [-0.3, -0.25) is 9.48 Å².